The minimum atomic E-state index is -0.412. The van der Waals surface area contributed by atoms with Crippen molar-refractivity contribution in [1.29, 1.82) is 0 Å². The molecule has 0 spiro atoms. The van der Waals surface area contributed by atoms with E-state index in [4.69, 9.17) is 25.8 Å². The van der Waals surface area contributed by atoms with Gasteiger partial charge in [-0.05, 0) is 18.6 Å². The molecule has 0 bridgehead atoms. The fourth-order valence-electron chi connectivity index (χ4n) is 2.98. The van der Waals surface area contributed by atoms with E-state index in [2.05, 4.69) is 4.99 Å². The second-order valence-electron chi connectivity index (χ2n) is 6.22. The highest BCUT2D eigenvalue weighted by Crippen LogP contribution is 2.37. The summed E-state index contributed by atoms with van der Waals surface area (Å²) in [4.78, 5) is 29.3. The average Bonchev–Trinajstić information content (AvgIpc) is 3.26. The van der Waals surface area contributed by atoms with Crippen LogP contribution in [0.15, 0.2) is 41.4 Å². The van der Waals surface area contributed by atoms with E-state index in [9.17, 15) is 9.59 Å². The number of rotatable bonds is 5. The third-order valence-electron chi connectivity index (χ3n) is 4.29. The van der Waals surface area contributed by atoms with Gasteiger partial charge in [0.05, 0.1) is 23.2 Å². The van der Waals surface area contributed by atoms with Gasteiger partial charge >= 0.3 is 5.97 Å². The monoisotopic (exact) mass is 432 g/mol. The molecule has 1 amide bonds. The zero-order valence-electron chi connectivity index (χ0n) is 15.5. The van der Waals surface area contributed by atoms with Crippen molar-refractivity contribution in [1.82, 2.24) is 4.57 Å². The Kier molecular flexibility index (Phi) is 5.55. The molecule has 0 unspecified atom stereocenters. The standard InChI is InChI=1S/C20H17ClN2O5S/c1-2-26-19(25)10-23-14-8-15-16(28-11-27-15)9-17(14)29-20(23)22-18(24)7-12-5-3-4-6-13(12)21/h3-6,8-9H,2,7,10-11H2,1H3. The van der Waals surface area contributed by atoms with Crippen molar-refractivity contribution in [2.75, 3.05) is 13.4 Å². The Hall–Kier alpha value is -2.84. The van der Waals surface area contributed by atoms with Crippen LogP contribution in [0.4, 0.5) is 0 Å². The molecule has 0 N–H and O–H groups in total. The van der Waals surface area contributed by atoms with Gasteiger partial charge in [0, 0.05) is 17.2 Å². The van der Waals surface area contributed by atoms with Crippen LogP contribution >= 0.6 is 22.9 Å². The van der Waals surface area contributed by atoms with Gasteiger partial charge < -0.3 is 18.8 Å². The molecule has 0 radical (unpaired) electrons. The summed E-state index contributed by atoms with van der Waals surface area (Å²) in [7, 11) is 0. The number of hydrogen-bond donors (Lipinski definition) is 0. The van der Waals surface area contributed by atoms with Gasteiger partial charge in [-0.1, -0.05) is 41.1 Å². The first-order valence-electron chi connectivity index (χ1n) is 8.94. The number of hydrogen-bond acceptors (Lipinski definition) is 6. The lowest BCUT2D eigenvalue weighted by atomic mass is 10.1. The molecule has 1 aliphatic rings. The van der Waals surface area contributed by atoms with E-state index in [0.29, 0.717) is 26.9 Å². The van der Waals surface area contributed by atoms with Gasteiger partial charge in [0.1, 0.15) is 6.54 Å². The number of fused-ring (bicyclic) bond motifs is 2. The van der Waals surface area contributed by atoms with Gasteiger partial charge in [-0.15, -0.1) is 0 Å². The highest BCUT2D eigenvalue weighted by Gasteiger charge is 2.19. The van der Waals surface area contributed by atoms with E-state index in [1.54, 1.807) is 35.8 Å². The van der Waals surface area contributed by atoms with Crippen molar-refractivity contribution in [3.63, 3.8) is 0 Å². The maximum Gasteiger partial charge on any atom is 0.326 e. The molecule has 1 aromatic heterocycles. The lowest BCUT2D eigenvalue weighted by molar-refractivity contribution is -0.143. The summed E-state index contributed by atoms with van der Waals surface area (Å²) in [5, 5.41) is 0.512. The van der Waals surface area contributed by atoms with Gasteiger partial charge in [-0.25, -0.2) is 0 Å². The second-order valence-corrected chi connectivity index (χ2v) is 7.64. The first-order valence-corrected chi connectivity index (χ1v) is 10.1. The number of esters is 1. The SMILES string of the molecule is CCOC(=O)Cn1c(=NC(=O)Cc2ccccc2Cl)sc2cc3c(cc21)OCO3. The van der Waals surface area contributed by atoms with Crippen molar-refractivity contribution in [2.45, 2.75) is 19.9 Å². The smallest absolute Gasteiger partial charge is 0.326 e. The van der Waals surface area contributed by atoms with Crippen LogP contribution in [0.2, 0.25) is 5.02 Å². The number of thiazole rings is 1. The lowest BCUT2D eigenvalue weighted by Gasteiger charge is -2.06. The summed E-state index contributed by atoms with van der Waals surface area (Å²) in [6, 6.07) is 10.7. The topological polar surface area (TPSA) is 79.1 Å². The van der Waals surface area contributed by atoms with Gasteiger partial charge in [0.2, 0.25) is 6.79 Å². The van der Waals surface area contributed by atoms with Crippen LogP contribution in [0.3, 0.4) is 0 Å². The maximum absolute atomic E-state index is 12.6. The Morgan fingerprint density at radius 2 is 2.00 bits per heavy atom. The van der Waals surface area contributed by atoms with Crippen molar-refractivity contribution in [3.8, 4) is 11.5 Å². The first kappa shape index (κ1) is 19.5. The third-order valence-corrected chi connectivity index (χ3v) is 5.70. The van der Waals surface area contributed by atoms with Gasteiger partial charge in [0.25, 0.3) is 5.91 Å². The molecule has 9 heteroatoms. The fraction of sp³-hybridized carbons (Fsp3) is 0.250. The van der Waals surface area contributed by atoms with Crippen LogP contribution in [0.1, 0.15) is 12.5 Å². The molecule has 1 aliphatic heterocycles. The molecule has 150 valence electrons. The molecule has 7 nitrogen and oxygen atoms in total. The molecule has 0 saturated heterocycles. The molecule has 0 saturated carbocycles. The van der Waals surface area contributed by atoms with E-state index in [-0.39, 0.29) is 32.3 Å². The molecule has 4 rings (SSSR count). The predicted octanol–water partition coefficient (Wildman–Crippen LogP) is 3.32. The number of carbonyl (C=O) groups excluding carboxylic acids is 2. The summed E-state index contributed by atoms with van der Waals surface area (Å²) in [5.41, 5.74) is 1.42. The van der Waals surface area contributed by atoms with Crippen molar-refractivity contribution in [2.24, 2.45) is 4.99 Å². The number of aromatic nitrogens is 1. The summed E-state index contributed by atoms with van der Waals surface area (Å²) in [6.45, 7) is 2.10. The molecule has 3 aromatic rings. The minimum absolute atomic E-state index is 0.0638. The first-order chi connectivity index (χ1) is 14.0. The number of carbonyl (C=O) groups is 2. The Labute approximate surface area is 175 Å². The Balaban J connectivity index is 1.75. The van der Waals surface area contributed by atoms with Crippen molar-refractivity contribution >= 4 is 45.0 Å². The summed E-state index contributed by atoms with van der Waals surface area (Å²) >= 11 is 7.43. The maximum atomic E-state index is 12.6. The molecular formula is C20H17ClN2O5S. The highest BCUT2D eigenvalue weighted by molar-refractivity contribution is 7.16. The van der Waals surface area contributed by atoms with Crippen LogP contribution < -0.4 is 14.3 Å². The summed E-state index contributed by atoms with van der Waals surface area (Å²) in [6.07, 6.45) is 0.0655. The fourth-order valence-corrected chi connectivity index (χ4v) is 4.24. The molecule has 0 fully saturated rings. The number of halogens is 1. The molecule has 0 atom stereocenters. The zero-order valence-corrected chi connectivity index (χ0v) is 17.1. The Bertz CT molecular complexity index is 1170. The summed E-state index contributed by atoms with van der Waals surface area (Å²) in [5.74, 6) is 0.435. The van der Waals surface area contributed by atoms with Crippen LogP contribution in [-0.2, 0) is 27.3 Å². The van der Waals surface area contributed by atoms with Gasteiger partial charge in [0.15, 0.2) is 16.3 Å². The van der Waals surface area contributed by atoms with Crippen LogP contribution in [-0.4, -0.2) is 29.8 Å². The normalized spacial score (nSPS) is 13.1. The molecule has 29 heavy (non-hydrogen) atoms. The molecule has 2 heterocycles. The molecule has 0 aliphatic carbocycles. The summed E-state index contributed by atoms with van der Waals surface area (Å²) < 4.78 is 18.4. The zero-order chi connectivity index (χ0) is 20.4. The third kappa shape index (κ3) is 4.13. The highest BCUT2D eigenvalue weighted by atomic mass is 35.5. The number of ether oxygens (including phenoxy) is 3. The van der Waals surface area contributed by atoms with Gasteiger partial charge in [-0.2, -0.15) is 4.99 Å². The van der Waals surface area contributed by atoms with Crippen LogP contribution in [0, 0.1) is 0 Å². The van der Waals surface area contributed by atoms with E-state index < -0.39 is 5.97 Å². The lowest BCUT2D eigenvalue weighted by Crippen LogP contribution is -2.23. The van der Waals surface area contributed by atoms with E-state index in [1.807, 2.05) is 12.1 Å². The Morgan fingerprint density at radius 1 is 1.24 bits per heavy atom. The Morgan fingerprint density at radius 3 is 2.76 bits per heavy atom. The van der Waals surface area contributed by atoms with E-state index in [0.717, 1.165) is 10.2 Å². The predicted molar refractivity (Wildman–Crippen MR) is 108 cm³/mol. The average molecular weight is 433 g/mol. The number of benzene rings is 2. The van der Waals surface area contributed by atoms with Gasteiger partial charge in [-0.3, -0.25) is 9.59 Å². The molecular weight excluding hydrogens is 416 g/mol. The van der Waals surface area contributed by atoms with Crippen LogP contribution in [0.5, 0.6) is 11.5 Å². The van der Waals surface area contributed by atoms with Crippen molar-refractivity contribution < 1.29 is 23.8 Å². The minimum Gasteiger partial charge on any atom is -0.465 e. The van der Waals surface area contributed by atoms with E-state index in [1.165, 1.54) is 11.3 Å². The van der Waals surface area contributed by atoms with E-state index >= 15 is 0 Å². The van der Waals surface area contributed by atoms with Crippen LogP contribution in [0.25, 0.3) is 10.2 Å². The largest absolute Gasteiger partial charge is 0.465 e. The quantitative estimate of drug-likeness (QED) is 0.578. The number of nitrogens with zero attached hydrogens (tertiary/aromatic N) is 2. The second kappa shape index (κ2) is 8.26. The molecule has 2 aromatic carbocycles. The number of amides is 1. The van der Waals surface area contributed by atoms with Crippen molar-refractivity contribution in [3.05, 3.63) is 51.8 Å².